The smallest absolute Gasteiger partial charge is 0.234 e. The van der Waals surface area contributed by atoms with Crippen LogP contribution < -0.4 is 10.6 Å². The molecule has 0 aliphatic rings. The van der Waals surface area contributed by atoms with Gasteiger partial charge in [-0.2, -0.15) is 0 Å². The second-order valence-corrected chi connectivity index (χ2v) is 5.27. The van der Waals surface area contributed by atoms with Gasteiger partial charge < -0.3 is 15.2 Å². The molecule has 21 heavy (non-hydrogen) atoms. The van der Waals surface area contributed by atoms with Crippen molar-refractivity contribution in [2.24, 2.45) is 7.05 Å². The lowest BCUT2D eigenvalue weighted by molar-refractivity contribution is -0.114. The molecule has 1 aromatic heterocycles. The van der Waals surface area contributed by atoms with Crippen molar-refractivity contribution in [1.29, 1.82) is 0 Å². The first kappa shape index (κ1) is 15.0. The second kappa shape index (κ2) is 6.89. The van der Waals surface area contributed by atoms with E-state index in [9.17, 15) is 9.59 Å². The summed E-state index contributed by atoms with van der Waals surface area (Å²) in [5.74, 6) is -0.0732. The van der Waals surface area contributed by atoms with E-state index in [-0.39, 0.29) is 17.6 Å². The quantitative estimate of drug-likeness (QED) is 0.817. The number of amides is 2. The van der Waals surface area contributed by atoms with Gasteiger partial charge in [0.15, 0.2) is 5.16 Å². The summed E-state index contributed by atoms with van der Waals surface area (Å²) in [7, 11) is 1.82. The number of thioether (sulfide) groups is 1. The first-order valence-electron chi connectivity index (χ1n) is 6.19. The Labute approximate surface area is 126 Å². The van der Waals surface area contributed by atoms with Crippen molar-refractivity contribution >= 4 is 35.0 Å². The molecular weight excluding hydrogens is 290 g/mol. The summed E-state index contributed by atoms with van der Waals surface area (Å²) in [4.78, 5) is 22.9. The molecule has 2 rings (SSSR count). The fraction of sp³-hybridized carbons (Fsp3) is 0.231. The Morgan fingerprint density at radius 1 is 1.29 bits per heavy atom. The van der Waals surface area contributed by atoms with Crippen LogP contribution in [0.5, 0.6) is 0 Å². The van der Waals surface area contributed by atoms with E-state index in [0.29, 0.717) is 16.5 Å². The molecule has 0 aliphatic heterocycles. The van der Waals surface area contributed by atoms with Gasteiger partial charge in [-0.1, -0.05) is 17.8 Å². The van der Waals surface area contributed by atoms with Crippen molar-refractivity contribution in [3.63, 3.8) is 0 Å². The number of carbonyl (C=O) groups excluding carboxylic acids is 2. The molecule has 2 aromatic rings. The molecule has 7 nitrogen and oxygen atoms in total. The zero-order valence-electron chi connectivity index (χ0n) is 11.7. The summed E-state index contributed by atoms with van der Waals surface area (Å²) in [5, 5.41) is 13.7. The Morgan fingerprint density at radius 3 is 2.62 bits per heavy atom. The predicted molar refractivity (Wildman–Crippen MR) is 81.1 cm³/mol. The van der Waals surface area contributed by atoms with Crippen molar-refractivity contribution in [3.8, 4) is 0 Å². The van der Waals surface area contributed by atoms with Crippen LogP contribution >= 0.6 is 11.8 Å². The number of benzene rings is 1. The molecule has 2 N–H and O–H groups in total. The third kappa shape index (κ3) is 4.60. The van der Waals surface area contributed by atoms with Gasteiger partial charge in [-0.15, -0.1) is 10.2 Å². The van der Waals surface area contributed by atoms with Gasteiger partial charge in [-0.05, 0) is 18.2 Å². The largest absolute Gasteiger partial charge is 0.326 e. The molecule has 0 bridgehead atoms. The van der Waals surface area contributed by atoms with Crippen molar-refractivity contribution < 1.29 is 9.59 Å². The number of nitrogens with zero attached hydrogens (tertiary/aromatic N) is 3. The minimum absolute atomic E-state index is 0.150. The molecule has 0 unspecified atom stereocenters. The second-order valence-electron chi connectivity index (χ2n) is 4.32. The molecule has 1 heterocycles. The van der Waals surface area contributed by atoms with Crippen LogP contribution in [0.25, 0.3) is 0 Å². The summed E-state index contributed by atoms with van der Waals surface area (Å²) < 4.78 is 1.75. The number of carbonyl (C=O) groups is 2. The molecule has 0 atom stereocenters. The molecule has 1 aromatic carbocycles. The number of anilines is 2. The Bertz CT molecular complexity index is 656. The molecule has 0 spiro atoms. The average Bonchev–Trinajstić information content (AvgIpc) is 2.81. The molecule has 0 aliphatic carbocycles. The van der Waals surface area contributed by atoms with Crippen molar-refractivity contribution in [2.75, 3.05) is 16.4 Å². The maximum absolute atomic E-state index is 11.9. The third-order valence-corrected chi connectivity index (χ3v) is 3.50. The van der Waals surface area contributed by atoms with Crippen LogP contribution in [-0.4, -0.2) is 32.3 Å². The van der Waals surface area contributed by atoms with E-state index in [0.717, 1.165) is 0 Å². The van der Waals surface area contributed by atoms with Crippen LogP contribution in [0.3, 0.4) is 0 Å². The van der Waals surface area contributed by atoms with E-state index in [1.807, 2.05) is 7.05 Å². The van der Waals surface area contributed by atoms with Crippen LogP contribution in [0.2, 0.25) is 0 Å². The third-order valence-electron chi connectivity index (χ3n) is 2.47. The highest BCUT2D eigenvalue weighted by molar-refractivity contribution is 7.99. The van der Waals surface area contributed by atoms with Crippen LogP contribution in [0.15, 0.2) is 35.7 Å². The summed E-state index contributed by atoms with van der Waals surface area (Å²) in [6, 6.07) is 6.98. The highest BCUT2D eigenvalue weighted by atomic mass is 32.2. The van der Waals surface area contributed by atoms with E-state index >= 15 is 0 Å². The Balaban J connectivity index is 1.90. The zero-order chi connectivity index (χ0) is 15.2. The maximum Gasteiger partial charge on any atom is 0.234 e. The summed E-state index contributed by atoms with van der Waals surface area (Å²) in [5.41, 5.74) is 1.27. The lowest BCUT2D eigenvalue weighted by Gasteiger charge is -2.07. The number of aryl methyl sites for hydroxylation is 1. The van der Waals surface area contributed by atoms with E-state index in [1.165, 1.54) is 18.7 Å². The van der Waals surface area contributed by atoms with E-state index < -0.39 is 0 Å². The van der Waals surface area contributed by atoms with Gasteiger partial charge in [0.05, 0.1) is 5.75 Å². The van der Waals surface area contributed by atoms with Crippen molar-refractivity contribution in [3.05, 3.63) is 30.6 Å². The maximum atomic E-state index is 11.9. The molecular formula is C13H15N5O2S. The minimum atomic E-state index is -0.156. The molecule has 0 fully saturated rings. The van der Waals surface area contributed by atoms with Gasteiger partial charge in [-0.25, -0.2) is 0 Å². The molecule has 0 saturated carbocycles. The van der Waals surface area contributed by atoms with Gasteiger partial charge in [0.2, 0.25) is 11.8 Å². The van der Waals surface area contributed by atoms with E-state index in [1.54, 1.807) is 35.2 Å². The molecule has 110 valence electrons. The first-order valence-corrected chi connectivity index (χ1v) is 7.17. The van der Waals surface area contributed by atoms with Crippen LogP contribution in [-0.2, 0) is 16.6 Å². The summed E-state index contributed by atoms with van der Waals surface area (Å²) in [6.45, 7) is 1.43. The average molecular weight is 305 g/mol. The van der Waals surface area contributed by atoms with Gasteiger partial charge in [0.1, 0.15) is 6.33 Å². The highest BCUT2D eigenvalue weighted by Crippen LogP contribution is 2.17. The lowest BCUT2D eigenvalue weighted by atomic mass is 10.2. The summed E-state index contributed by atoms with van der Waals surface area (Å²) >= 11 is 1.30. The normalized spacial score (nSPS) is 10.2. The van der Waals surface area contributed by atoms with Crippen molar-refractivity contribution in [2.45, 2.75) is 12.1 Å². The van der Waals surface area contributed by atoms with Gasteiger partial charge in [0, 0.05) is 25.3 Å². The fourth-order valence-corrected chi connectivity index (χ4v) is 2.30. The standard InChI is InChI=1S/C13H15N5O2S/c1-9(19)15-10-4-3-5-11(6-10)16-12(20)7-21-13-17-14-8-18(13)2/h3-6,8H,7H2,1-2H3,(H,15,19)(H,16,20). The number of rotatable bonds is 5. The first-order chi connectivity index (χ1) is 10.0. The fourth-order valence-electron chi connectivity index (χ4n) is 1.61. The number of hydrogen-bond acceptors (Lipinski definition) is 5. The number of aromatic nitrogens is 3. The SMILES string of the molecule is CC(=O)Nc1cccc(NC(=O)CSc2nncn2C)c1. The Morgan fingerprint density at radius 2 is 2.00 bits per heavy atom. The van der Waals surface area contributed by atoms with Crippen molar-refractivity contribution in [1.82, 2.24) is 14.8 Å². The van der Waals surface area contributed by atoms with Gasteiger partial charge in [0.25, 0.3) is 0 Å². The monoisotopic (exact) mass is 305 g/mol. The molecule has 2 amide bonds. The molecule has 0 saturated heterocycles. The van der Waals surface area contributed by atoms with E-state index in [4.69, 9.17) is 0 Å². The Hall–Kier alpha value is -2.35. The minimum Gasteiger partial charge on any atom is -0.326 e. The van der Waals surface area contributed by atoms with Gasteiger partial charge in [-0.3, -0.25) is 9.59 Å². The van der Waals surface area contributed by atoms with E-state index in [2.05, 4.69) is 20.8 Å². The van der Waals surface area contributed by atoms with Crippen LogP contribution in [0, 0.1) is 0 Å². The highest BCUT2D eigenvalue weighted by Gasteiger charge is 2.07. The topological polar surface area (TPSA) is 88.9 Å². The lowest BCUT2D eigenvalue weighted by Crippen LogP contribution is -2.15. The van der Waals surface area contributed by atoms with Crippen LogP contribution in [0.1, 0.15) is 6.92 Å². The predicted octanol–water partition coefficient (Wildman–Crippen LogP) is 1.50. The number of hydrogen-bond donors (Lipinski definition) is 2. The number of nitrogens with one attached hydrogen (secondary N) is 2. The summed E-state index contributed by atoms with van der Waals surface area (Å²) in [6.07, 6.45) is 1.58. The zero-order valence-corrected chi connectivity index (χ0v) is 12.5. The van der Waals surface area contributed by atoms with Crippen LogP contribution in [0.4, 0.5) is 11.4 Å². The Kier molecular flexibility index (Phi) is 4.94. The molecule has 0 radical (unpaired) electrons. The molecule has 8 heteroatoms. The van der Waals surface area contributed by atoms with Gasteiger partial charge >= 0.3 is 0 Å².